The third kappa shape index (κ3) is 3.43. The molecular weight excluding hydrogens is 351 g/mol. The minimum atomic E-state index is -0.395. The average molecular weight is 360 g/mol. The minimum Gasteiger partial charge on any atom is -0.389 e. The van der Waals surface area contributed by atoms with Crippen molar-refractivity contribution in [1.82, 2.24) is 0 Å². The Bertz CT molecular complexity index is 649. The molecule has 0 aliphatic carbocycles. The van der Waals surface area contributed by atoms with E-state index in [0.29, 0.717) is 22.0 Å². The van der Waals surface area contributed by atoms with Crippen LogP contribution in [0.4, 0.5) is 15.8 Å². The molecule has 0 unspecified atom stereocenters. The normalized spacial score (nSPS) is 10.3. The molecule has 98 valence electrons. The Morgan fingerprint density at radius 3 is 2.63 bits per heavy atom. The van der Waals surface area contributed by atoms with Gasteiger partial charge < -0.3 is 11.1 Å². The number of rotatable bonds is 3. The molecule has 0 saturated heterocycles. The molecule has 0 saturated carbocycles. The number of hydrogen-bond acceptors (Lipinski definition) is 2. The molecule has 0 aliphatic rings. The number of anilines is 2. The summed E-state index contributed by atoms with van der Waals surface area (Å²) in [6.07, 6.45) is 0. The predicted octanol–water partition coefficient (Wildman–Crippen LogP) is 4.62. The molecule has 0 spiro atoms. The highest BCUT2D eigenvalue weighted by molar-refractivity contribution is 9.10. The maximum Gasteiger partial charge on any atom is 0.124 e. The number of halogens is 3. The van der Waals surface area contributed by atoms with Crippen LogP contribution in [0.2, 0.25) is 5.02 Å². The molecule has 0 fully saturated rings. The second-order valence-corrected chi connectivity index (χ2v) is 5.57. The fourth-order valence-corrected chi connectivity index (χ4v) is 2.26. The molecule has 19 heavy (non-hydrogen) atoms. The standard InChI is InChI=1S/C13H9BrClFN2S/c14-7-1-3-10(15)12(5-7)18-11-4-2-8(16)6-9(11)13(17)19/h1-6,18H,(H2,17,19). The highest BCUT2D eigenvalue weighted by Crippen LogP contribution is 2.30. The van der Waals surface area contributed by atoms with Gasteiger partial charge in [-0.3, -0.25) is 0 Å². The number of nitrogens with two attached hydrogens (primary N) is 1. The molecule has 2 aromatic rings. The third-order valence-corrected chi connectivity index (χ3v) is 3.49. The van der Waals surface area contributed by atoms with Crippen LogP contribution < -0.4 is 11.1 Å². The molecule has 3 N–H and O–H groups in total. The SMILES string of the molecule is NC(=S)c1cc(F)ccc1Nc1cc(Br)ccc1Cl. The molecule has 6 heteroatoms. The predicted molar refractivity (Wildman–Crippen MR) is 84.7 cm³/mol. The van der Waals surface area contributed by atoms with E-state index >= 15 is 0 Å². The monoisotopic (exact) mass is 358 g/mol. The van der Waals surface area contributed by atoms with Gasteiger partial charge in [0.1, 0.15) is 10.8 Å². The van der Waals surface area contributed by atoms with Gasteiger partial charge >= 0.3 is 0 Å². The lowest BCUT2D eigenvalue weighted by atomic mass is 10.1. The van der Waals surface area contributed by atoms with E-state index in [9.17, 15) is 4.39 Å². The molecule has 0 aromatic heterocycles. The second-order valence-electron chi connectivity index (χ2n) is 3.80. The summed E-state index contributed by atoms with van der Waals surface area (Å²) in [7, 11) is 0. The van der Waals surface area contributed by atoms with Crippen molar-refractivity contribution >= 4 is 56.1 Å². The van der Waals surface area contributed by atoms with Crippen molar-refractivity contribution in [3.8, 4) is 0 Å². The Hall–Kier alpha value is -1.17. The molecule has 2 rings (SSSR count). The van der Waals surface area contributed by atoms with Gasteiger partial charge in [0.25, 0.3) is 0 Å². The van der Waals surface area contributed by atoms with Gasteiger partial charge in [0, 0.05) is 15.7 Å². The van der Waals surface area contributed by atoms with Gasteiger partial charge in [0.2, 0.25) is 0 Å². The van der Waals surface area contributed by atoms with Crippen LogP contribution in [0.1, 0.15) is 5.56 Å². The summed E-state index contributed by atoms with van der Waals surface area (Å²) in [5, 5.41) is 3.64. The van der Waals surface area contributed by atoms with E-state index in [4.69, 9.17) is 29.6 Å². The summed E-state index contributed by atoms with van der Waals surface area (Å²) in [5.74, 6) is -0.395. The lowest BCUT2D eigenvalue weighted by Gasteiger charge is -2.13. The van der Waals surface area contributed by atoms with Crippen molar-refractivity contribution in [3.63, 3.8) is 0 Å². The Balaban J connectivity index is 2.43. The highest BCUT2D eigenvalue weighted by Gasteiger charge is 2.09. The zero-order valence-corrected chi connectivity index (χ0v) is 12.7. The third-order valence-electron chi connectivity index (χ3n) is 2.44. The lowest BCUT2D eigenvalue weighted by Crippen LogP contribution is -2.12. The number of thiocarbonyl (C=S) groups is 1. The first-order valence-corrected chi connectivity index (χ1v) is 6.87. The molecule has 0 bridgehead atoms. The van der Waals surface area contributed by atoms with Crippen LogP contribution in [0.25, 0.3) is 0 Å². The van der Waals surface area contributed by atoms with Gasteiger partial charge in [-0.15, -0.1) is 0 Å². The summed E-state index contributed by atoms with van der Waals surface area (Å²) < 4.78 is 14.1. The minimum absolute atomic E-state index is 0.119. The van der Waals surface area contributed by atoms with Crippen molar-refractivity contribution < 1.29 is 4.39 Å². The van der Waals surface area contributed by atoms with E-state index in [1.807, 2.05) is 12.1 Å². The first-order valence-electron chi connectivity index (χ1n) is 5.29. The van der Waals surface area contributed by atoms with Crippen LogP contribution in [-0.4, -0.2) is 4.99 Å². The van der Waals surface area contributed by atoms with Crippen LogP contribution in [0, 0.1) is 5.82 Å². The van der Waals surface area contributed by atoms with Gasteiger partial charge in [0.05, 0.1) is 10.7 Å². The second kappa shape index (κ2) is 5.86. The Labute approximate surface area is 128 Å². The summed E-state index contributed by atoms with van der Waals surface area (Å²) in [4.78, 5) is 0.119. The summed E-state index contributed by atoms with van der Waals surface area (Å²) in [6.45, 7) is 0. The molecule has 0 aliphatic heterocycles. The smallest absolute Gasteiger partial charge is 0.124 e. The Morgan fingerprint density at radius 1 is 1.21 bits per heavy atom. The van der Waals surface area contributed by atoms with Gasteiger partial charge in [-0.1, -0.05) is 39.7 Å². The Morgan fingerprint density at radius 2 is 1.95 bits per heavy atom. The van der Waals surface area contributed by atoms with Crippen LogP contribution in [0.15, 0.2) is 40.9 Å². The van der Waals surface area contributed by atoms with Gasteiger partial charge in [-0.05, 0) is 36.4 Å². The lowest BCUT2D eigenvalue weighted by molar-refractivity contribution is 0.628. The van der Waals surface area contributed by atoms with Crippen LogP contribution in [0.3, 0.4) is 0 Å². The number of hydrogen-bond donors (Lipinski definition) is 2. The molecule has 0 atom stereocenters. The van der Waals surface area contributed by atoms with Crippen molar-refractivity contribution in [2.75, 3.05) is 5.32 Å². The van der Waals surface area contributed by atoms with Crippen molar-refractivity contribution in [1.29, 1.82) is 0 Å². The van der Waals surface area contributed by atoms with Crippen molar-refractivity contribution in [2.24, 2.45) is 5.73 Å². The van der Waals surface area contributed by atoms with Crippen LogP contribution >= 0.6 is 39.7 Å². The largest absolute Gasteiger partial charge is 0.389 e. The topological polar surface area (TPSA) is 38.0 Å². The van der Waals surface area contributed by atoms with Gasteiger partial charge in [-0.2, -0.15) is 0 Å². The van der Waals surface area contributed by atoms with Crippen molar-refractivity contribution in [3.05, 3.63) is 57.3 Å². The molecule has 0 heterocycles. The highest BCUT2D eigenvalue weighted by atomic mass is 79.9. The van der Waals surface area contributed by atoms with E-state index in [2.05, 4.69) is 21.2 Å². The summed E-state index contributed by atoms with van der Waals surface area (Å²) in [5.41, 5.74) is 7.31. The van der Waals surface area contributed by atoms with Crippen molar-refractivity contribution in [2.45, 2.75) is 0 Å². The van der Waals surface area contributed by atoms with E-state index in [0.717, 1.165) is 4.47 Å². The first-order chi connectivity index (χ1) is 8.97. The van der Waals surface area contributed by atoms with Crippen LogP contribution in [0.5, 0.6) is 0 Å². The van der Waals surface area contributed by atoms with Gasteiger partial charge in [-0.25, -0.2) is 4.39 Å². The fraction of sp³-hybridized carbons (Fsp3) is 0. The molecular formula is C13H9BrClFN2S. The van der Waals surface area contributed by atoms with Crippen LogP contribution in [-0.2, 0) is 0 Å². The zero-order valence-electron chi connectivity index (χ0n) is 9.58. The maximum absolute atomic E-state index is 13.2. The van der Waals surface area contributed by atoms with E-state index in [-0.39, 0.29) is 4.99 Å². The molecule has 0 radical (unpaired) electrons. The van der Waals surface area contributed by atoms with E-state index < -0.39 is 5.82 Å². The zero-order chi connectivity index (χ0) is 14.0. The Kier molecular flexibility index (Phi) is 4.39. The quantitative estimate of drug-likeness (QED) is 0.785. The number of nitrogens with one attached hydrogen (secondary N) is 1. The maximum atomic E-state index is 13.2. The summed E-state index contributed by atoms with van der Waals surface area (Å²) >= 11 is 14.4. The summed E-state index contributed by atoms with van der Waals surface area (Å²) in [6, 6.07) is 9.58. The van der Waals surface area contributed by atoms with Gasteiger partial charge in [0.15, 0.2) is 0 Å². The fourth-order valence-electron chi connectivity index (χ4n) is 1.57. The number of benzene rings is 2. The van der Waals surface area contributed by atoms with E-state index in [1.165, 1.54) is 12.1 Å². The molecule has 2 aromatic carbocycles. The molecule has 2 nitrogen and oxygen atoms in total. The molecule has 0 amide bonds. The van der Waals surface area contributed by atoms with E-state index in [1.54, 1.807) is 12.1 Å². The average Bonchev–Trinajstić information content (AvgIpc) is 2.35. The first kappa shape index (κ1) is 14.2.